The minimum absolute atomic E-state index is 0.0399. The number of thioether (sulfide) groups is 2. The lowest BCUT2D eigenvalue weighted by Gasteiger charge is -2.14. The zero-order valence-corrected chi connectivity index (χ0v) is 24.1. The number of hydrogen-bond acceptors (Lipinski definition) is 10. The molecule has 15 heteroatoms. The van der Waals surface area contributed by atoms with E-state index in [1.165, 1.54) is 29.2 Å². The van der Waals surface area contributed by atoms with Crippen LogP contribution in [0.2, 0.25) is 10.0 Å². The molecule has 0 saturated heterocycles. The van der Waals surface area contributed by atoms with Crippen molar-refractivity contribution in [2.24, 2.45) is 0 Å². The average molecular weight is 611 g/mol. The Hall–Kier alpha value is -2.84. The quantitative estimate of drug-likeness (QED) is 0.174. The van der Waals surface area contributed by atoms with Gasteiger partial charge < -0.3 is 10.1 Å². The molecule has 198 valence electrons. The number of nitrogens with one attached hydrogen (secondary N) is 2. The highest BCUT2D eigenvalue weighted by Crippen LogP contribution is 2.30. The molecule has 38 heavy (non-hydrogen) atoms. The van der Waals surface area contributed by atoms with E-state index in [9.17, 15) is 9.59 Å². The summed E-state index contributed by atoms with van der Waals surface area (Å²) < 4.78 is 8.06. The molecule has 0 saturated carbocycles. The summed E-state index contributed by atoms with van der Waals surface area (Å²) in [4.78, 5) is 25.4. The summed E-state index contributed by atoms with van der Waals surface area (Å²) in [6.07, 6.45) is 0. The first-order valence-electron chi connectivity index (χ1n) is 11.1. The molecule has 2 heterocycles. The fraction of sp³-hybridized carbons (Fsp3) is 0.217. The molecule has 4 aromatic rings. The minimum Gasteiger partial charge on any atom is -0.495 e. The lowest BCUT2D eigenvalue weighted by Crippen LogP contribution is -2.25. The number of nitrogens with zero attached hydrogens (tertiary/aromatic N) is 5. The van der Waals surface area contributed by atoms with Crippen LogP contribution in [0.15, 0.2) is 52.0 Å². The fourth-order valence-electron chi connectivity index (χ4n) is 3.22. The van der Waals surface area contributed by atoms with Crippen LogP contribution in [-0.2, 0) is 11.3 Å². The maximum absolute atomic E-state index is 12.8. The first kappa shape index (κ1) is 28.2. The molecular formula is C23H21Cl2N7O3S3. The Morgan fingerprint density at radius 1 is 1.08 bits per heavy atom. The summed E-state index contributed by atoms with van der Waals surface area (Å²) in [6, 6.07) is 12.0. The zero-order chi connectivity index (χ0) is 27.1. The van der Waals surface area contributed by atoms with Crippen molar-refractivity contribution in [1.82, 2.24) is 30.3 Å². The van der Waals surface area contributed by atoms with Gasteiger partial charge in [-0.2, -0.15) is 0 Å². The third-order valence-electron chi connectivity index (χ3n) is 4.86. The van der Waals surface area contributed by atoms with Gasteiger partial charge in [0.1, 0.15) is 5.75 Å². The smallest absolute Gasteiger partial charge is 0.253 e. The maximum Gasteiger partial charge on any atom is 0.253 e. The number of methoxy groups -OCH3 is 1. The van der Waals surface area contributed by atoms with Crippen LogP contribution >= 0.6 is 58.1 Å². The lowest BCUT2D eigenvalue weighted by molar-refractivity contribution is -0.113. The molecule has 2 amide bonds. The number of rotatable bonds is 11. The summed E-state index contributed by atoms with van der Waals surface area (Å²) in [5, 5.41) is 23.7. The van der Waals surface area contributed by atoms with Gasteiger partial charge in [0.15, 0.2) is 15.3 Å². The molecule has 0 aliphatic rings. The van der Waals surface area contributed by atoms with Crippen LogP contribution in [0, 0.1) is 0 Å². The van der Waals surface area contributed by atoms with Crippen molar-refractivity contribution in [2.45, 2.75) is 23.0 Å². The van der Waals surface area contributed by atoms with Crippen LogP contribution in [-0.4, -0.2) is 55.4 Å². The fourth-order valence-corrected chi connectivity index (χ4v) is 6.14. The highest BCUT2D eigenvalue weighted by Gasteiger charge is 2.20. The molecule has 0 unspecified atom stereocenters. The van der Waals surface area contributed by atoms with Crippen molar-refractivity contribution < 1.29 is 14.3 Å². The normalized spacial score (nSPS) is 10.8. The summed E-state index contributed by atoms with van der Waals surface area (Å²) in [5.41, 5.74) is 0.935. The molecule has 0 aliphatic heterocycles. The van der Waals surface area contributed by atoms with Crippen LogP contribution in [0.25, 0.3) is 5.69 Å². The number of hydrogen-bond donors (Lipinski definition) is 2. The van der Waals surface area contributed by atoms with Crippen LogP contribution in [0.4, 0.5) is 5.13 Å². The first-order valence-corrected chi connectivity index (χ1v) is 14.6. The van der Waals surface area contributed by atoms with Gasteiger partial charge in [-0.25, -0.2) is 0 Å². The Morgan fingerprint density at radius 3 is 2.66 bits per heavy atom. The number of benzene rings is 2. The van der Waals surface area contributed by atoms with E-state index in [1.54, 1.807) is 41.6 Å². The number of amides is 2. The highest BCUT2D eigenvalue weighted by molar-refractivity contribution is 8.01. The van der Waals surface area contributed by atoms with Gasteiger partial charge in [-0.3, -0.25) is 19.5 Å². The molecule has 2 N–H and O–H groups in total. The van der Waals surface area contributed by atoms with Crippen molar-refractivity contribution in [3.63, 3.8) is 0 Å². The van der Waals surface area contributed by atoms with E-state index in [-0.39, 0.29) is 28.8 Å². The van der Waals surface area contributed by atoms with Gasteiger partial charge >= 0.3 is 0 Å². The van der Waals surface area contributed by atoms with E-state index in [4.69, 9.17) is 27.9 Å². The Labute approximate surface area is 240 Å². The Morgan fingerprint density at radius 2 is 1.89 bits per heavy atom. The average Bonchev–Trinajstić information content (AvgIpc) is 3.52. The van der Waals surface area contributed by atoms with Gasteiger partial charge in [-0.1, -0.05) is 77.1 Å². The van der Waals surface area contributed by atoms with Crippen LogP contribution in [0.1, 0.15) is 23.1 Å². The van der Waals surface area contributed by atoms with Crippen molar-refractivity contribution >= 4 is 75.0 Å². The van der Waals surface area contributed by atoms with Crippen LogP contribution < -0.4 is 15.4 Å². The predicted octanol–water partition coefficient (Wildman–Crippen LogP) is 5.21. The second kappa shape index (κ2) is 13.3. The molecule has 0 spiro atoms. The number of aromatic nitrogens is 5. The topological polar surface area (TPSA) is 124 Å². The van der Waals surface area contributed by atoms with E-state index in [0.717, 1.165) is 10.1 Å². The molecule has 0 radical (unpaired) electrons. The van der Waals surface area contributed by atoms with Gasteiger partial charge in [0.05, 0.1) is 35.7 Å². The molecule has 0 aliphatic carbocycles. The minimum atomic E-state index is -0.396. The van der Waals surface area contributed by atoms with Gasteiger partial charge in [0.25, 0.3) is 5.91 Å². The van der Waals surface area contributed by atoms with Crippen molar-refractivity contribution in [1.29, 1.82) is 0 Å². The molecule has 0 fully saturated rings. The number of para-hydroxylation sites is 2. The SMILES string of the molecule is CCSc1nnc(NC(=O)CSc2nnc(CNC(=O)c3ccc(Cl)cc3Cl)n2-c2ccccc2OC)s1. The molecular weight excluding hydrogens is 589 g/mol. The van der Waals surface area contributed by atoms with E-state index >= 15 is 0 Å². The lowest BCUT2D eigenvalue weighted by atomic mass is 10.2. The van der Waals surface area contributed by atoms with Gasteiger partial charge in [0, 0.05) is 5.02 Å². The summed E-state index contributed by atoms with van der Waals surface area (Å²) in [7, 11) is 1.56. The van der Waals surface area contributed by atoms with Gasteiger partial charge in [0.2, 0.25) is 11.0 Å². The number of ether oxygens (including phenoxy) is 1. The van der Waals surface area contributed by atoms with Gasteiger partial charge in [-0.15, -0.1) is 20.4 Å². The Bertz CT molecular complexity index is 1450. The number of carbonyl (C=O) groups excluding carboxylic acids is 2. The van der Waals surface area contributed by atoms with E-state index in [2.05, 4.69) is 31.0 Å². The monoisotopic (exact) mass is 609 g/mol. The van der Waals surface area contributed by atoms with E-state index in [0.29, 0.717) is 32.6 Å². The van der Waals surface area contributed by atoms with Crippen molar-refractivity contribution in [3.8, 4) is 11.4 Å². The molecule has 0 atom stereocenters. The summed E-state index contributed by atoms with van der Waals surface area (Å²) in [6.45, 7) is 2.06. The maximum atomic E-state index is 12.8. The number of halogens is 2. The second-order valence-corrected chi connectivity index (χ2v) is 11.6. The molecule has 10 nitrogen and oxygen atoms in total. The standard InChI is InChI=1S/C23H21Cl2N7O3S3/c1-3-36-23-31-29-21(38-23)27-19(33)12-37-22-30-28-18(32(22)16-6-4-5-7-17(16)35-2)11-26-20(34)14-9-8-13(24)10-15(14)25/h4-10H,3,11-12H2,1-2H3,(H,26,34)(H,27,29,33). The summed E-state index contributed by atoms with van der Waals surface area (Å²) >= 11 is 16.2. The Balaban J connectivity index is 1.52. The zero-order valence-electron chi connectivity index (χ0n) is 20.1. The predicted molar refractivity (Wildman–Crippen MR) is 151 cm³/mol. The third-order valence-corrected chi connectivity index (χ3v) is 8.19. The largest absolute Gasteiger partial charge is 0.495 e. The third kappa shape index (κ3) is 6.97. The molecule has 2 aromatic carbocycles. The van der Waals surface area contributed by atoms with Crippen molar-refractivity contribution in [3.05, 3.63) is 63.9 Å². The number of carbonyl (C=O) groups is 2. The number of anilines is 1. The van der Waals surface area contributed by atoms with Crippen molar-refractivity contribution in [2.75, 3.05) is 23.9 Å². The van der Waals surface area contributed by atoms with Crippen LogP contribution in [0.5, 0.6) is 5.75 Å². The molecule has 2 aromatic heterocycles. The molecule has 0 bridgehead atoms. The Kier molecular flexibility index (Phi) is 9.86. The summed E-state index contributed by atoms with van der Waals surface area (Å²) in [5.74, 6) is 1.26. The molecule has 4 rings (SSSR count). The van der Waals surface area contributed by atoms with Crippen LogP contribution in [0.3, 0.4) is 0 Å². The van der Waals surface area contributed by atoms with E-state index in [1.807, 2.05) is 25.1 Å². The van der Waals surface area contributed by atoms with Gasteiger partial charge in [-0.05, 0) is 36.1 Å². The second-order valence-electron chi connectivity index (χ2n) is 7.36. The first-order chi connectivity index (χ1) is 18.4. The highest BCUT2D eigenvalue weighted by atomic mass is 35.5. The van der Waals surface area contributed by atoms with E-state index < -0.39 is 5.91 Å².